The van der Waals surface area contributed by atoms with Crippen molar-refractivity contribution in [2.45, 2.75) is 25.7 Å². The molecule has 2 fully saturated rings. The summed E-state index contributed by atoms with van der Waals surface area (Å²) < 4.78 is 16.6. The molecule has 172 valence electrons. The summed E-state index contributed by atoms with van der Waals surface area (Å²) in [5.41, 5.74) is 1.36. The number of hydrogen-bond acceptors (Lipinski definition) is 5. The summed E-state index contributed by atoms with van der Waals surface area (Å²) in [5.74, 6) is 0.187. The van der Waals surface area contributed by atoms with E-state index in [1.807, 2.05) is 30.3 Å². The Morgan fingerprint density at radius 1 is 1.15 bits per heavy atom. The Bertz CT molecular complexity index is 1460. The molecular weight excluding hydrogens is 433 g/mol. The second-order valence-electron chi connectivity index (χ2n) is 9.38. The first kappa shape index (κ1) is 20.9. The van der Waals surface area contributed by atoms with Crippen LogP contribution >= 0.6 is 0 Å². The van der Waals surface area contributed by atoms with Crippen LogP contribution in [0.1, 0.15) is 25.1 Å². The zero-order valence-electron chi connectivity index (χ0n) is 18.6. The molecule has 6 rings (SSSR count). The molecule has 1 atom stereocenters. The summed E-state index contributed by atoms with van der Waals surface area (Å²) in [4.78, 5) is 30.1. The van der Waals surface area contributed by atoms with Gasteiger partial charge in [0, 0.05) is 35.9 Å². The van der Waals surface area contributed by atoms with Gasteiger partial charge in [0.2, 0.25) is 0 Å². The van der Waals surface area contributed by atoms with Crippen LogP contribution in [0.4, 0.5) is 4.39 Å². The molecule has 1 saturated carbocycles. The highest BCUT2D eigenvalue weighted by molar-refractivity contribution is 5.89. The minimum atomic E-state index is -0.598. The van der Waals surface area contributed by atoms with Crippen molar-refractivity contribution in [1.29, 1.82) is 0 Å². The van der Waals surface area contributed by atoms with Gasteiger partial charge in [-0.1, -0.05) is 24.3 Å². The molecule has 0 bridgehead atoms. The van der Waals surface area contributed by atoms with Gasteiger partial charge in [-0.2, -0.15) is 5.10 Å². The third-order valence-electron chi connectivity index (χ3n) is 7.08. The standard InChI is InChI=1S/C26H24FN5O2/c27-20-12-18(19-6-3-16-2-1-10-29-21(16)13-19)7-8-22(20)32-23(30-31-25(32)34)14-26(9-11-28-15-26)24(33)17-4-5-17/h1-3,6-8,10,12-13,17,28H,4-5,9,11,14-15H2,(H,31,34)/t26-/m0/s1. The van der Waals surface area contributed by atoms with Gasteiger partial charge in [0.15, 0.2) is 0 Å². The highest BCUT2D eigenvalue weighted by Crippen LogP contribution is 2.42. The SMILES string of the molecule is O=C(C1CC1)[C@]1(Cc2n[nH]c(=O)n2-c2ccc(-c3ccc4cccnc4c3)cc2F)CCNC1. The highest BCUT2D eigenvalue weighted by atomic mass is 19.1. The van der Waals surface area contributed by atoms with Crippen molar-refractivity contribution in [2.24, 2.45) is 11.3 Å². The van der Waals surface area contributed by atoms with Crippen LogP contribution in [-0.4, -0.2) is 38.6 Å². The summed E-state index contributed by atoms with van der Waals surface area (Å²) in [7, 11) is 0. The Labute approximate surface area is 195 Å². The van der Waals surface area contributed by atoms with Gasteiger partial charge in [-0.15, -0.1) is 0 Å². The molecule has 1 saturated heterocycles. The number of aromatic amines is 1. The van der Waals surface area contributed by atoms with E-state index in [-0.39, 0.29) is 17.4 Å². The van der Waals surface area contributed by atoms with Crippen molar-refractivity contribution in [3.8, 4) is 16.8 Å². The van der Waals surface area contributed by atoms with E-state index in [0.29, 0.717) is 30.8 Å². The molecule has 0 spiro atoms. The lowest BCUT2D eigenvalue weighted by molar-refractivity contribution is -0.129. The number of fused-ring (bicyclic) bond motifs is 1. The number of hydrogen-bond donors (Lipinski definition) is 2. The molecule has 0 amide bonds. The second kappa shape index (κ2) is 7.99. The number of rotatable bonds is 6. The Hall–Kier alpha value is -3.65. The predicted octanol–water partition coefficient (Wildman–Crippen LogP) is 3.42. The number of nitrogens with zero attached hydrogens (tertiary/aromatic N) is 3. The minimum Gasteiger partial charge on any atom is -0.316 e. The van der Waals surface area contributed by atoms with Crippen LogP contribution < -0.4 is 11.0 Å². The zero-order valence-corrected chi connectivity index (χ0v) is 18.6. The summed E-state index contributed by atoms with van der Waals surface area (Å²) >= 11 is 0. The quantitative estimate of drug-likeness (QED) is 0.463. The topological polar surface area (TPSA) is 92.7 Å². The first-order valence-corrected chi connectivity index (χ1v) is 11.6. The molecule has 2 aliphatic rings. The predicted molar refractivity (Wildman–Crippen MR) is 126 cm³/mol. The number of H-pyrrole nitrogens is 1. The summed E-state index contributed by atoms with van der Waals surface area (Å²) in [5, 5.41) is 10.9. The van der Waals surface area contributed by atoms with E-state index < -0.39 is 16.9 Å². The van der Waals surface area contributed by atoms with E-state index >= 15 is 4.39 Å². The fourth-order valence-electron chi connectivity index (χ4n) is 5.08. The van der Waals surface area contributed by atoms with Gasteiger partial charge >= 0.3 is 5.69 Å². The molecule has 2 aromatic carbocycles. The van der Waals surface area contributed by atoms with Crippen molar-refractivity contribution in [1.82, 2.24) is 25.1 Å². The molecule has 1 aliphatic carbocycles. The first-order chi connectivity index (χ1) is 16.5. The largest absolute Gasteiger partial charge is 0.348 e. The fraction of sp³-hybridized carbons (Fsp3) is 0.308. The minimum absolute atomic E-state index is 0.103. The van der Waals surface area contributed by atoms with Crippen LogP contribution in [0.3, 0.4) is 0 Å². The number of aromatic nitrogens is 4. The van der Waals surface area contributed by atoms with Crippen LogP contribution in [0, 0.1) is 17.2 Å². The molecule has 2 N–H and O–H groups in total. The van der Waals surface area contributed by atoms with Gasteiger partial charge in [-0.25, -0.2) is 18.9 Å². The lowest BCUT2D eigenvalue weighted by Gasteiger charge is -2.26. The van der Waals surface area contributed by atoms with E-state index in [0.717, 1.165) is 35.9 Å². The maximum Gasteiger partial charge on any atom is 0.348 e. The van der Waals surface area contributed by atoms with Crippen LogP contribution in [0.25, 0.3) is 27.7 Å². The molecule has 2 aromatic heterocycles. The average Bonchev–Trinajstić information content (AvgIpc) is 3.50. The Balaban J connectivity index is 1.36. The number of carbonyl (C=O) groups is 1. The Morgan fingerprint density at radius 2 is 1.97 bits per heavy atom. The van der Waals surface area contributed by atoms with E-state index in [1.54, 1.807) is 18.3 Å². The fourth-order valence-corrected chi connectivity index (χ4v) is 5.08. The van der Waals surface area contributed by atoms with Gasteiger partial charge in [0.05, 0.1) is 11.2 Å². The molecule has 4 aromatic rings. The molecule has 7 nitrogen and oxygen atoms in total. The summed E-state index contributed by atoms with van der Waals surface area (Å²) in [6, 6.07) is 14.4. The lowest BCUT2D eigenvalue weighted by Crippen LogP contribution is -2.38. The van der Waals surface area contributed by atoms with E-state index in [4.69, 9.17) is 0 Å². The monoisotopic (exact) mass is 457 g/mol. The summed E-state index contributed by atoms with van der Waals surface area (Å²) in [6.45, 7) is 1.30. The van der Waals surface area contributed by atoms with Gasteiger partial charge in [-0.3, -0.25) is 9.78 Å². The molecule has 34 heavy (non-hydrogen) atoms. The first-order valence-electron chi connectivity index (χ1n) is 11.6. The second-order valence-corrected chi connectivity index (χ2v) is 9.38. The third-order valence-corrected chi connectivity index (χ3v) is 7.08. The van der Waals surface area contributed by atoms with E-state index in [1.165, 1.54) is 10.6 Å². The molecular formula is C26H24FN5O2. The number of halogens is 1. The molecule has 8 heteroatoms. The van der Waals surface area contributed by atoms with Crippen molar-refractivity contribution in [3.63, 3.8) is 0 Å². The molecule has 0 radical (unpaired) electrons. The maximum absolute atomic E-state index is 15.4. The number of Topliss-reactive ketones (excluding diaryl/α,β-unsaturated/α-hetero) is 1. The number of ketones is 1. The smallest absolute Gasteiger partial charge is 0.316 e. The third kappa shape index (κ3) is 3.54. The molecule has 1 aliphatic heterocycles. The number of carbonyl (C=O) groups excluding carboxylic acids is 1. The van der Waals surface area contributed by atoms with Gasteiger partial charge < -0.3 is 5.32 Å². The average molecular weight is 458 g/mol. The van der Waals surface area contributed by atoms with Crippen molar-refractivity contribution >= 4 is 16.7 Å². The van der Waals surface area contributed by atoms with Crippen molar-refractivity contribution < 1.29 is 9.18 Å². The highest BCUT2D eigenvalue weighted by Gasteiger charge is 2.48. The number of pyridine rings is 1. The van der Waals surface area contributed by atoms with Crippen LogP contribution in [-0.2, 0) is 11.2 Å². The number of nitrogens with one attached hydrogen (secondary N) is 2. The van der Waals surface area contributed by atoms with Crippen LogP contribution in [0.5, 0.6) is 0 Å². The molecule has 0 unspecified atom stereocenters. The van der Waals surface area contributed by atoms with Gasteiger partial charge in [-0.05, 0) is 61.2 Å². The zero-order chi connectivity index (χ0) is 23.3. The van der Waals surface area contributed by atoms with Gasteiger partial charge in [0.25, 0.3) is 0 Å². The van der Waals surface area contributed by atoms with Crippen molar-refractivity contribution in [2.75, 3.05) is 13.1 Å². The van der Waals surface area contributed by atoms with Gasteiger partial charge in [0.1, 0.15) is 17.4 Å². The normalized spacial score (nSPS) is 20.1. The maximum atomic E-state index is 15.4. The van der Waals surface area contributed by atoms with E-state index in [2.05, 4.69) is 20.5 Å². The van der Waals surface area contributed by atoms with Crippen molar-refractivity contribution in [3.05, 3.63) is 76.9 Å². The Morgan fingerprint density at radius 3 is 2.74 bits per heavy atom. The summed E-state index contributed by atoms with van der Waals surface area (Å²) in [6.07, 6.45) is 4.57. The molecule has 3 heterocycles. The van der Waals surface area contributed by atoms with E-state index in [9.17, 15) is 9.59 Å². The number of benzene rings is 2. The van der Waals surface area contributed by atoms with Crippen LogP contribution in [0.15, 0.2) is 59.5 Å². The lowest BCUT2D eigenvalue weighted by atomic mass is 9.77. The Kier molecular flexibility index (Phi) is 4.91. The van der Waals surface area contributed by atoms with Crippen LogP contribution in [0.2, 0.25) is 0 Å².